The Balaban J connectivity index is 1.99. The van der Waals surface area contributed by atoms with Gasteiger partial charge in [0.2, 0.25) is 5.91 Å². The van der Waals surface area contributed by atoms with Crippen LogP contribution in [0.3, 0.4) is 0 Å². The van der Waals surface area contributed by atoms with Crippen LogP contribution in [0.1, 0.15) is 31.5 Å². The third-order valence-electron chi connectivity index (χ3n) is 3.45. The van der Waals surface area contributed by atoms with Crippen molar-refractivity contribution < 1.29 is 9.00 Å². The van der Waals surface area contributed by atoms with Crippen LogP contribution in [-0.2, 0) is 21.3 Å². The summed E-state index contributed by atoms with van der Waals surface area (Å²) in [6, 6.07) is 8.18. The van der Waals surface area contributed by atoms with Gasteiger partial charge in [-0.05, 0) is 20.3 Å². The quantitative estimate of drug-likeness (QED) is 0.834. The lowest BCUT2D eigenvalue weighted by Gasteiger charge is -2.10. The molecule has 0 fully saturated rings. The third-order valence-corrected chi connectivity index (χ3v) is 5.98. The van der Waals surface area contributed by atoms with Crippen LogP contribution in [-0.4, -0.2) is 26.9 Å². The van der Waals surface area contributed by atoms with Gasteiger partial charge in [-0.2, -0.15) is 0 Å². The Bertz CT molecular complexity index is 680. The highest BCUT2D eigenvalue weighted by Crippen LogP contribution is 2.24. The number of hydrogen-bond donors (Lipinski definition) is 1. The van der Waals surface area contributed by atoms with Gasteiger partial charge in [0.25, 0.3) is 0 Å². The molecular formula is C17H22N2O2S2. The topological polar surface area (TPSA) is 59.1 Å². The molecule has 4 nitrogen and oxygen atoms in total. The van der Waals surface area contributed by atoms with Crippen molar-refractivity contribution in [3.63, 3.8) is 0 Å². The highest BCUT2D eigenvalue weighted by Gasteiger charge is 2.20. The van der Waals surface area contributed by atoms with Crippen LogP contribution in [0.5, 0.6) is 0 Å². The van der Waals surface area contributed by atoms with Crippen molar-refractivity contribution >= 4 is 28.0 Å². The first kappa shape index (κ1) is 17.8. The standard InChI is InChI=1S/C17H22N2O2S2/c1-4-9-18-16(20)13(3)23(21)11-15-10-22-17(19-15)14-7-5-12(2)6-8-14/h5-8,10,13H,4,9,11H2,1-3H3,(H,18,20)/t13-,23+/m0/s1. The van der Waals surface area contributed by atoms with E-state index in [1.165, 1.54) is 16.9 Å². The molecule has 0 aliphatic heterocycles. The summed E-state index contributed by atoms with van der Waals surface area (Å²) in [4.78, 5) is 16.4. The van der Waals surface area contributed by atoms with Gasteiger partial charge in [-0.15, -0.1) is 11.3 Å². The molecule has 1 heterocycles. The summed E-state index contributed by atoms with van der Waals surface area (Å²) in [6.45, 7) is 6.36. The molecule has 2 rings (SSSR count). The van der Waals surface area contributed by atoms with Crippen LogP contribution in [0.25, 0.3) is 10.6 Å². The summed E-state index contributed by atoms with van der Waals surface area (Å²) in [5.41, 5.74) is 3.05. The second kappa shape index (κ2) is 8.36. The minimum atomic E-state index is -1.26. The van der Waals surface area contributed by atoms with Crippen molar-refractivity contribution in [2.24, 2.45) is 0 Å². The molecule has 0 unspecified atom stereocenters. The molecule has 1 N–H and O–H groups in total. The summed E-state index contributed by atoms with van der Waals surface area (Å²) in [7, 11) is -1.26. The summed E-state index contributed by atoms with van der Waals surface area (Å²) in [5.74, 6) is 0.155. The fourth-order valence-corrected chi connectivity index (χ4v) is 3.93. The predicted octanol–water partition coefficient (Wildman–Crippen LogP) is 3.28. The van der Waals surface area contributed by atoms with Crippen molar-refractivity contribution in [1.29, 1.82) is 0 Å². The predicted molar refractivity (Wildman–Crippen MR) is 96.9 cm³/mol. The third kappa shape index (κ3) is 4.97. The minimum absolute atomic E-state index is 0.154. The molecule has 0 saturated carbocycles. The van der Waals surface area contributed by atoms with Crippen molar-refractivity contribution in [2.75, 3.05) is 6.54 Å². The Labute approximate surface area is 143 Å². The van der Waals surface area contributed by atoms with E-state index < -0.39 is 16.0 Å². The summed E-state index contributed by atoms with van der Waals surface area (Å²) in [6.07, 6.45) is 0.872. The Morgan fingerprint density at radius 1 is 1.35 bits per heavy atom. The van der Waals surface area contributed by atoms with Gasteiger partial charge >= 0.3 is 0 Å². The molecule has 6 heteroatoms. The average Bonchev–Trinajstić information content (AvgIpc) is 3.00. The van der Waals surface area contributed by atoms with Crippen LogP contribution >= 0.6 is 11.3 Å². The fourth-order valence-electron chi connectivity index (χ4n) is 1.98. The molecule has 1 amide bonds. The molecule has 2 atom stereocenters. The summed E-state index contributed by atoms with van der Waals surface area (Å²) in [5, 5.41) is 5.10. The number of nitrogens with one attached hydrogen (secondary N) is 1. The van der Waals surface area contributed by atoms with E-state index in [0.717, 1.165) is 22.7 Å². The fraction of sp³-hybridized carbons (Fsp3) is 0.412. The molecule has 23 heavy (non-hydrogen) atoms. The first-order valence-electron chi connectivity index (χ1n) is 7.67. The number of hydrogen-bond acceptors (Lipinski definition) is 4. The number of carbonyl (C=O) groups is 1. The SMILES string of the molecule is CCCNC(=O)[C@H](C)[S@](=O)Cc1csc(-c2ccc(C)cc2)n1. The number of amides is 1. The summed E-state index contributed by atoms with van der Waals surface area (Å²) >= 11 is 1.54. The Kier molecular flexibility index (Phi) is 6.47. The number of nitrogens with zero attached hydrogens (tertiary/aromatic N) is 1. The molecule has 0 spiro atoms. The number of thiazole rings is 1. The van der Waals surface area contributed by atoms with Crippen molar-refractivity contribution in [2.45, 2.75) is 38.2 Å². The van der Waals surface area contributed by atoms with E-state index in [4.69, 9.17) is 0 Å². The van der Waals surface area contributed by atoms with E-state index in [2.05, 4.69) is 22.4 Å². The maximum Gasteiger partial charge on any atom is 0.235 e. The van der Waals surface area contributed by atoms with Gasteiger partial charge in [0.15, 0.2) is 0 Å². The molecule has 0 aliphatic carbocycles. The van der Waals surface area contributed by atoms with Crippen LogP contribution in [0, 0.1) is 6.92 Å². The first-order chi connectivity index (χ1) is 11.0. The Hall–Kier alpha value is -1.53. The van der Waals surface area contributed by atoms with Crippen LogP contribution < -0.4 is 5.32 Å². The van der Waals surface area contributed by atoms with Gasteiger partial charge in [0.1, 0.15) is 10.3 Å². The molecule has 124 valence electrons. The molecule has 0 radical (unpaired) electrons. The molecule has 2 aromatic rings. The molecule has 1 aromatic heterocycles. The Morgan fingerprint density at radius 3 is 2.70 bits per heavy atom. The molecular weight excluding hydrogens is 328 g/mol. The highest BCUT2D eigenvalue weighted by molar-refractivity contribution is 7.85. The van der Waals surface area contributed by atoms with Gasteiger partial charge in [0.05, 0.1) is 11.4 Å². The molecule has 0 aliphatic rings. The van der Waals surface area contributed by atoms with E-state index in [1.807, 2.05) is 31.4 Å². The lowest BCUT2D eigenvalue weighted by molar-refractivity contribution is -0.120. The largest absolute Gasteiger partial charge is 0.355 e. The number of aryl methyl sites for hydroxylation is 1. The van der Waals surface area contributed by atoms with Gasteiger partial charge in [0, 0.05) is 28.3 Å². The zero-order chi connectivity index (χ0) is 16.8. The molecule has 1 aromatic carbocycles. The number of aromatic nitrogens is 1. The monoisotopic (exact) mass is 350 g/mol. The number of rotatable bonds is 7. The van der Waals surface area contributed by atoms with Crippen molar-refractivity contribution in [3.05, 3.63) is 40.9 Å². The maximum absolute atomic E-state index is 12.3. The average molecular weight is 351 g/mol. The lowest BCUT2D eigenvalue weighted by atomic mass is 10.2. The summed E-state index contributed by atoms with van der Waals surface area (Å²) < 4.78 is 12.3. The normalized spacial score (nSPS) is 13.5. The maximum atomic E-state index is 12.3. The molecule has 0 saturated heterocycles. The lowest BCUT2D eigenvalue weighted by Crippen LogP contribution is -2.36. The van der Waals surface area contributed by atoms with Crippen LogP contribution in [0.2, 0.25) is 0 Å². The smallest absolute Gasteiger partial charge is 0.235 e. The first-order valence-corrected chi connectivity index (χ1v) is 9.93. The van der Waals surface area contributed by atoms with E-state index in [9.17, 15) is 9.00 Å². The minimum Gasteiger partial charge on any atom is -0.355 e. The van der Waals surface area contributed by atoms with Crippen LogP contribution in [0.15, 0.2) is 29.6 Å². The zero-order valence-electron chi connectivity index (χ0n) is 13.7. The van der Waals surface area contributed by atoms with Gasteiger partial charge in [-0.1, -0.05) is 36.8 Å². The number of benzene rings is 1. The van der Waals surface area contributed by atoms with Crippen molar-refractivity contribution in [1.82, 2.24) is 10.3 Å². The van der Waals surface area contributed by atoms with Gasteiger partial charge < -0.3 is 5.32 Å². The van der Waals surface area contributed by atoms with Crippen molar-refractivity contribution in [3.8, 4) is 10.6 Å². The van der Waals surface area contributed by atoms with Crippen LogP contribution in [0.4, 0.5) is 0 Å². The van der Waals surface area contributed by atoms with E-state index in [1.54, 1.807) is 6.92 Å². The second-order valence-corrected chi connectivity index (χ2v) is 8.08. The van der Waals surface area contributed by atoms with E-state index >= 15 is 0 Å². The number of carbonyl (C=O) groups excluding carboxylic acids is 1. The van der Waals surface area contributed by atoms with E-state index in [-0.39, 0.29) is 5.91 Å². The highest BCUT2D eigenvalue weighted by atomic mass is 32.2. The second-order valence-electron chi connectivity index (χ2n) is 5.47. The zero-order valence-corrected chi connectivity index (χ0v) is 15.3. The van der Waals surface area contributed by atoms with Gasteiger partial charge in [-0.3, -0.25) is 9.00 Å². The van der Waals surface area contributed by atoms with Gasteiger partial charge in [-0.25, -0.2) is 4.98 Å². The molecule has 0 bridgehead atoms. The Morgan fingerprint density at radius 2 is 2.04 bits per heavy atom. The van der Waals surface area contributed by atoms with E-state index in [0.29, 0.717) is 12.3 Å².